The molecule has 0 bridgehead atoms. The number of rotatable bonds is 1. The lowest BCUT2D eigenvalue weighted by molar-refractivity contribution is 0.00346. The Morgan fingerprint density at radius 2 is 2.50 bits per heavy atom. The zero-order valence-electron chi connectivity index (χ0n) is 9.47. The number of carbonyl (C=O) groups excluding carboxylic acids is 1. The Kier molecular flexibility index (Phi) is 3.65. The van der Waals surface area contributed by atoms with Crippen LogP contribution in [0.15, 0.2) is 12.3 Å². The van der Waals surface area contributed by atoms with Gasteiger partial charge in [-0.3, -0.25) is 4.79 Å². The number of nitrogens with zero attached hydrogens (tertiary/aromatic N) is 3. The fourth-order valence-electron chi connectivity index (χ4n) is 1.70. The van der Waals surface area contributed by atoms with Gasteiger partial charge in [0.1, 0.15) is 5.15 Å². The van der Waals surface area contributed by atoms with Crippen LogP contribution in [0.5, 0.6) is 0 Å². The summed E-state index contributed by atoms with van der Waals surface area (Å²) in [7, 11) is 0. The van der Waals surface area contributed by atoms with Crippen LogP contribution in [-0.4, -0.2) is 41.6 Å². The van der Waals surface area contributed by atoms with Crippen LogP contribution in [-0.2, 0) is 4.74 Å². The molecule has 6 nitrogen and oxygen atoms in total. The number of amides is 1. The van der Waals surface area contributed by atoms with Crippen molar-refractivity contribution >= 4 is 23.2 Å². The van der Waals surface area contributed by atoms with E-state index in [-0.39, 0.29) is 23.2 Å². The summed E-state index contributed by atoms with van der Waals surface area (Å²) in [5.74, 6) is -0.289. The topological polar surface area (TPSA) is 92.2 Å². The summed E-state index contributed by atoms with van der Waals surface area (Å²) < 4.78 is 5.17. The molecule has 18 heavy (non-hydrogen) atoms. The fourth-order valence-corrected chi connectivity index (χ4v) is 1.88. The van der Waals surface area contributed by atoms with Crippen LogP contribution in [0, 0.1) is 11.3 Å². The van der Waals surface area contributed by atoms with E-state index in [0.29, 0.717) is 18.8 Å². The zero-order valence-corrected chi connectivity index (χ0v) is 10.2. The molecule has 0 aromatic carbocycles. The molecule has 1 aliphatic heterocycles. The minimum absolute atomic E-state index is 0.106. The molecule has 1 amide bonds. The summed E-state index contributed by atoms with van der Waals surface area (Å²) in [6, 6.07) is 3.46. The summed E-state index contributed by atoms with van der Waals surface area (Å²) in [6.07, 6.45) is 0.784. The molecular weight excluding hydrogens is 256 g/mol. The van der Waals surface area contributed by atoms with Crippen LogP contribution in [0.25, 0.3) is 0 Å². The van der Waals surface area contributed by atoms with Gasteiger partial charge in [0.25, 0.3) is 5.91 Å². The van der Waals surface area contributed by atoms with Gasteiger partial charge in [0.15, 0.2) is 6.10 Å². The van der Waals surface area contributed by atoms with E-state index in [1.165, 1.54) is 17.2 Å². The lowest BCUT2D eigenvalue weighted by atomic mass is 10.2. The Morgan fingerprint density at radius 1 is 1.72 bits per heavy atom. The quantitative estimate of drug-likeness (QED) is 0.755. The first kappa shape index (κ1) is 12.6. The summed E-state index contributed by atoms with van der Waals surface area (Å²) in [5.41, 5.74) is 6.19. The maximum atomic E-state index is 12.2. The number of hydrogen-bond donors (Lipinski definition) is 1. The first-order valence-corrected chi connectivity index (χ1v) is 5.71. The van der Waals surface area contributed by atoms with E-state index in [9.17, 15) is 4.79 Å². The van der Waals surface area contributed by atoms with Gasteiger partial charge in [-0.05, 0) is 6.07 Å². The van der Waals surface area contributed by atoms with E-state index in [2.05, 4.69) is 4.98 Å². The molecule has 7 heteroatoms. The molecule has 1 unspecified atom stereocenters. The molecule has 0 aliphatic carbocycles. The predicted octanol–water partition coefficient (Wildman–Crippen LogP) is 0.682. The van der Waals surface area contributed by atoms with Crippen LogP contribution in [0.2, 0.25) is 5.15 Å². The van der Waals surface area contributed by atoms with Crippen LogP contribution in [0.1, 0.15) is 10.4 Å². The van der Waals surface area contributed by atoms with Gasteiger partial charge in [-0.15, -0.1) is 0 Å². The second-order valence-electron chi connectivity index (χ2n) is 3.85. The standard InChI is InChI=1S/C11H11ClN4O2/c12-10-9(3-7(14)5-15-10)11(17)16-1-2-18-8(4-13)6-16/h3,5,8H,1-2,6,14H2. The molecule has 2 heterocycles. The zero-order chi connectivity index (χ0) is 13.1. The Bertz CT molecular complexity index is 514. The molecule has 2 N–H and O–H groups in total. The number of carbonyl (C=O) groups is 1. The minimum Gasteiger partial charge on any atom is -0.397 e. The van der Waals surface area contributed by atoms with Crippen molar-refractivity contribution in [1.29, 1.82) is 5.26 Å². The van der Waals surface area contributed by atoms with Crippen molar-refractivity contribution in [3.63, 3.8) is 0 Å². The molecular formula is C11H11ClN4O2. The van der Waals surface area contributed by atoms with Gasteiger partial charge in [-0.2, -0.15) is 5.26 Å². The van der Waals surface area contributed by atoms with Crippen molar-refractivity contribution < 1.29 is 9.53 Å². The lowest BCUT2D eigenvalue weighted by Crippen LogP contribution is -2.45. The monoisotopic (exact) mass is 266 g/mol. The first-order chi connectivity index (χ1) is 8.61. The highest BCUT2D eigenvalue weighted by Crippen LogP contribution is 2.19. The molecule has 1 atom stereocenters. The van der Waals surface area contributed by atoms with Crippen molar-refractivity contribution in [1.82, 2.24) is 9.88 Å². The third kappa shape index (κ3) is 2.53. The third-order valence-electron chi connectivity index (χ3n) is 2.59. The van der Waals surface area contributed by atoms with E-state index >= 15 is 0 Å². The maximum Gasteiger partial charge on any atom is 0.257 e. The molecule has 0 spiro atoms. The third-order valence-corrected chi connectivity index (χ3v) is 2.89. The lowest BCUT2D eigenvalue weighted by Gasteiger charge is -2.29. The smallest absolute Gasteiger partial charge is 0.257 e. The number of hydrogen-bond acceptors (Lipinski definition) is 5. The minimum atomic E-state index is -0.601. The first-order valence-electron chi connectivity index (χ1n) is 5.33. The molecule has 2 rings (SSSR count). The SMILES string of the molecule is N#CC1CN(C(=O)c2cc(N)cnc2Cl)CCO1. The Labute approximate surface area is 109 Å². The number of anilines is 1. The van der Waals surface area contributed by atoms with Gasteiger partial charge in [-0.1, -0.05) is 11.6 Å². The van der Waals surface area contributed by atoms with Crippen molar-refractivity contribution in [3.8, 4) is 6.07 Å². The summed E-state index contributed by atoms with van der Waals surface area (Å²) >= 11 is 5.87. The van der Waals surface area contributed by atoms with E-state index in [0.717, 1.165) is 0 Å². The number of aromatic nitrogens is 1. The molecule has 1 aromatic heterocycles. The predicted molar refractivity (Wildman–Crippen MR) is 64.9 cm³/mol. The van der Waals surface area contributed by atoms with Gasteiger partial charge in [0, 0.05) is 6.54 Å². The molecule has 1 fully saturated rings. The number of ether oxygens (including phenoxy) is 1. The highest BCUT2D eigenvalue weighted by atomic mass is 35.5. The second kappa shape index (κ2) is 5.21. The average Bonchev–Trinajstić information content (AvgIpc) is 2.41. The average molecular weight is 267 g/mol. The molecule has 1 saturated heterocycles. The van der Waals surface area contributed by atoms with Crippen LogP contribution < -0.4 is 5.73 Å². The second-order valence-corrected chi connectivity index (χ2v) is 4.20. The Hall–Kier alpha value is -1.84. The number of nitrogens with two attached hydrogens (primary N) is 1. The number of pyridine rings is 1. The summed E-state index contributed by atoms with van der Waals surface area (Å²) in [5, 5.41) is 8.89. The van der Waals surface area contributed by atoms with E-state index < -0.39 is 6.10 Å². The Morgan fingerprint density at radius 3 is 3.22 bits per heavy atom. The summed E-state index contributed by atoms with van der Waals surface area (Å²) in [4.78, 5) is 17.6. The number of morpholine rings is 1. The van der Waals surface area contributed by atoms with E-state index in [1.807, 2.05) is 6.07 Å². The van der Waals surface area contributed by atoms with Crippen LogP contribution in [0.3, 0.4) is 0 Å². The number of nitriles is 1. The molecule has 94 valence electrons. The molecule has 1 aromatic rings. The summed E-state index contributed by atoms with van der Waals surface area (Å²) in [6.45, 7) is 0.972. The fraction of sp³-hybridized carbons (Fsp3) is 0.364. The van der Waals surface area contributed by atoms with Crippen molar-refractivity contribution in [3.05, 3.63) is 23.0 Å². The van der Waals surface area contributed by atoms with Gasteiger partial charge in [0.2, 0.25) is 0 Å². The van der Waals surface area contributed by atoms with Crippen LogP contribution in [0.4, 0.5) is 5.69 Å². The largest absolute Gasteiger partial charge is 0.397 e. The highest BCUT2D eigenvalue weighted by molar-refractivity contribution is 6.32. The van der Waals surface area contributed by atoms with Crippen molar-refractivity contribution in [2.24, 2.45) is 0 Å². The number of nitrogen functional groups attached to an aromatic ring is 1. The van der Waals surface area contributed by atoms with Crippen molar-refractivity contribution in [2.45, 2.75) is 6.10 Å². The van der Waals surface area contributed by atoms with Gasteiger partial charge in [0.05, 0.1) is 36.7 Å². The number of halogens is 1. The molecule has 0 saturated carbocycles. The van der Waals surface area contributed by atoms with Gasteiger partial charge < -0.3 is 15.4 Å². The van der Waals surface area contributed by atoms with Gasteiger partial charge >= 0.3 is 0 Å². The van der Waals surface area contributed by atoms with Crippen LogP contribution >= 0.6 is 11.6 Å². The van der Waals surface area contributed by atoms with Gasteiger partial charge in [-0.25, -0.2) is 4.98 Å². The van der Waals surface area contributed by atoms with E-state index in [4.69, 9.17) is 27.3 Å². The molecule has 0 radical (unpaired) electrons. The maximum absolute atomic E-state index is 12.2. The normalized spacial score (nSPS) is 19.3. The molecule has 1 aliphatic rings. The Balaban J connectivity index is 2.21. The van der Waals surface area contributed by atoms with E-state index in [1.54, 1.807) is 0 Å². The van der Waals surface area contributed by atoms with Crippen molar-refractivity contribution in [2.75, 3.05) is 25.4 Å². The highest BCUT2D eigenvalue weighted by Gasteiger charge is 2.26.